The summed E-state index contributed by atoms with van der Waals surface area (Å²) in [6, 6.07) is 6.73. The van der Waals surface area contributed by atoms with E-state index in [4.69, 9.17) is 11.6 Å². The lowest BCUT2D eigenvalue weighted by molar-refractivity contribution is -0.129. The summed E-state index contributed by atoms with van der Waals surface area (Å²) >= 11 is 7.54. The molecule has 0 saturated carbocycles. The summed E-state index contributed by atoms with van der Waals surface area (Å²) in [6.45, 7) is 2.39. The predicted molar refractivity (Wildman–Crippen MR) is 91.8 cm³/mol. The van der Waals surface area contributed by atoms with Gasteiger partial charge in [-0.25, -0.2) is 4.98 Å². The van der Waals surface area contributed by atoms with E-state index in [1.807, 2.05) is 12.3 Å². The maximum atomic E-state index is 12.1. The number of aromatic nitrogens is 1. The first-order chi connectivity index (χ1) is 11.0. The van der Waals surface area contributed by atoms with Gasteiger partial charge in [0.2, 0.25) is 5.91 Å². The highest BCUT2D eigenvalue weighted by Crippen LogP contribution is 2.14. The Morgan fingerprint density at radius 1 is 1.35 bits per heavy atom. The van der Waals surface area contributed by atoms with E-state index in [9.17, 15) is 9.59 Å². The molecule has 1 aromatic carbocycles. The fourth-order valence-corrected chi connectivity index (χ4v) is 2.90. The molecular weight excluding hydrogens is 334 g/mol. The van der Waals surface area contributed by atoms with Crippen molar-refractivity contribution in [3.63, 3.8) is 0 Å². The van der Waals surface area contributed by atoms with E-state index in [1.54, 1.807) is 47.5 Å². The van der Waals surface area contributed by atoms with Gasteiger partial charge in [-0.1, -0.05) is 30.7 Å². The average molecular weight is 352 g/mol. The Labute approximate surface area is 144 Å². The van der Waals surface area contributed by atoms with Crippen molar-refractivity contribution in [3.8, 4) is 0 Å². The second-order valence-electron chi connectivity index (χ2n) is 5.00. The normalized spacial score (nSPS) is 10.4. The molecule has 0 bridgehead atoms. The molecule has 5 nitrogen and oxygen atoms in total. The molecule has 2 aromatic rings. The number of likely N-dealkylation sites (N-methyl/N-ethyl adjacent to an activating group) is 1. The average Bonchev–Trinajstić information content (AvgIpc) is 3.00. The third-order valence-corrected chi connectivity index (χ3v) is 4.62. The fourth-order valence-electron chi connectivity index (χ4n) is 1.95. The minimum absolute atomic E-state index is 0.0780. The first-order valence-electron chi connectivity index (χ1n) is 7.21. The highest BCUT2D eigenvalue weighted by Gasteiger charge is 2.14. The van der Waals surface area contributed by atoms with Crippen LogP contribution in [0.2, 0.25) is 5.02 Å². The van der Waals surface area contributed by atoms with Crippen LogP contribution < -0.4 is 5.32 Å². The van der Waals surface area contributed by atoms with Crippen LogP contribution in [0.3, 0.4) is 0 Å². The van der Waals surface area contributed by atoms with Crippen LogP contribution in [-0.4, -0.2) is 35.3 Å². The Morgan fingerprint density at radius 2 is 2.09 bits per heavy atom. The van der Waals surface area contributed by atoms with Gasteiger partial charge >= 0.3 is 0 Å². The maximum Gasteiger partial charge on any atom is 0.253 e. The van der Waals surface area contributed by atoms with Crippen molar-refractivity contribution >= 4 is 34.8 Å². The molecule has 0 aliphatic carbocycles. The van der Waals surface area contributed by atoms with Gasteiger partial charge in [-0.3, -0.25) is 9.59 Å². The predicted octanol–water partition coefficient (Wildman–Crippen LogP) is 2.75. The molecule has 0 aliphatic rings. The van der Waals surface area contributed by atoms with E-state index >= 15 is 0 Å². The van der Waals surface area contributed by atoms with Crippen molar-refractivity contribution in [1.29, 1.82) is 0 Å². The number of nitrogens with zero attached hydrogens (tertiary/aromatic N) is 2. The summed E-state index contributed by atoms with van der Waals surface area (Å²) < 4.78 is 0. The number of rotatable bonds is 6. The SMILES string of the molecule is CCc1nc(CN(C)C(=O)CNC(=O)c2ccccc2Cl)cs1. The molecule has 23 heavy (non-hydrogen) atoms. The van der Waals surface area contributed by atoms with Crippen molar-refractivity contribution in [2.45, 2.75) is 19.9 Å². The lowest BCUT2D eigenvalue weighted by atomic mass is 10.2. The number of hydrogen-bond donors (Lipinski definition) is 1. The highest BCUT2D eigenvalue weighted by atomic mass is 35.5. The summed E-state index contributed by atoms with van der Waals surface area (Å²) in [7, 11) is 1.69. The number of nitrogens with one attached hydrogen (secondary N) is 1. The van der Waals surface area contributed by atoms with Crippen LogP contribution in [0.5, 0.6) is 0 Å². The molecular formula is C16H18ClN3O2S. The number of hydrogen-bond acceptors (Lipinski definition) is 4. The standard InChI is InChI=1S/C16H18ClN3O2S/c1-3-14-19-11(10-23-14)9-20(2)15(21)8-18-16(22)12-6-4-5-7-13(12)17/h4-7,10H,3,8-9H2,1-2H3,(H,18,22). The van der Waals surface area contributed by atoms with E-state index in [0.29, 0.717) is 17.1 Å². The number of amides is 2. The Kier molecular flexibility index (Phi) is 6.12. The van der Waals surface area contributed by atoms with Crippen LogP contribution in [0.1, 0.15) is 28.0 Å². The number of carbonyl (C=O) groups excluding carboxylic acids is 2. The maximum absolute atomic E-state index is 12.1. The molecule has 122 valence electrons. The third-order valence-electron chi connectivity index (χ3n) is 3.25. The number of aryl methyl sites for hydroxylation is 1. The largest absolute Gasteiger partial charge is 0.343 e. The molecule has 2 amide bonds. The minimum Gasteiger partial charge on any atom is -0.343 e. The summed E-state index contributed by atoms with van der Waals surface area (Å²) in [5.41, 5.74) is 1.22. The molecule has 0 radical (unpaired) electrons. The lowest BCUT2D eigenvalue weighted by Crippen LogP contribution is -2.37. The van der Waals surface area contributed by atoms with Gasteiger partial charge in [0.1, 0.15) is 0 Å². The molecule has 0 saturated heterocycles. The van der Waals surface area contributed by atoms with Crippen LogP contribution in [0.15, 0.2) is 29.6 Å². The van der Waals surface area contributed by atoms with Gasteiger partial charge in [0, 0.05) is 12.4 Å². The number of thiazole rings is 1. The van der Waals surface area contributed by atoms with Crippen LogP contribution in [0, 0.1) is 0 Å². The summed E-state index contributed by atoms with van der Waals surface area (Å²) in [5, 5.41) is 5.95. The molecule has 0 spiro atoms. The summed E-state index contributed by atoms with van der Waals surface area (Å²) in [4.78, 5) is 30.1. The second kappa shape index (κ2) is 8.08. The molecule has 0 unspecified atom stereocenters. The van der Waals surface area contributed by atoms with E-state index in [-0.39, 0.29) is 18.4 Å². The molecule has 2 rings (SSSR count). The van der Waals surface area contributed by atoms with Crippen molar-refractivity contribution in [2.24, 2.45) is 0 Å². The van der Waals surface area contributed by atoms with Gasteiger partial charge in [-0.05, 0) is 18.6 Å². The second-order valence-corrected chi connectivity index (χ2v) is 6.35. The Bertz CT molecular complexity index is 702. The molecule has 1 heterocycles. The Balaban J connectivity index is 1.86. The number of halogens is 1. The van der Waals surface area contributed by atoms with E-state index in [2.05, 4.69) is 10.3 Å². The van der Waals surface area contributed by atoms with Gasteiger partial charge in [-0.2, -0.15) is 0 Å². The number of benzene rings is 1. The Morgan fingerprint density at radius 3 is 2.74 bits per heavy atom. The minimum atomic E-state index is -0.362. The van der Waals surface area contributed by atoms with E-state index in [1.165, 1.54) is 0 Å². The van der Waals surface area contributed by atoms with Crippen LogP contribution >= 0.6 is 22.9 Å². The van der Waals surface area contributed by atoms with Gasteiger partial charge in [0.05, 0.1) is 34.4 Å². The molecule has 1 N–H and O–H groups in total. The summed E-state index contributed by atoms with van der Waals surface area (Å²) in [5.74, 6) is -0.546. The van der Waals surface area contributed by atoms with Gasteiger partial charge in [-0.15, -0.1) is 11.3 Å². The Hall–Kier alpha value is -1.92. The molecule has 0 fully saturated rings. The third kappa shape index (κ3) is 4.77. The zero-order valence-corrected chi connectivity index (χ0v) is 14.6. The van der Waals surface area contributed by atoms with Gasteiger partial charge < -0.3 is 10.2 Å². The smallest absolute Gasteiger partial charge is 0.253 e. The van der Waals surface area contributed by atoms with Crippen LogP contribution in [-0.2, 0) is 17.8 Å². The van der Waals surface area contributed by atoms with Crippen molar-refractivity contribution < 1.29 is 9.59 Å². The molecule has 7 heteroatoms. The zero-order chi connectivity index (χ0) is 16.8. The number of carbonyl (C=O) groups is 2. The highest BCUT2D eigenvalue weighted by molar-refractivity contribution is 7.09. The van der Waals surface area contributed by atoms with Crippen LogP contribution in [0.4, 0.5) is 0 Å². The van der Waals surface area contributed by atoms with Crippen molar-refractivity contribution in [3.05, 3.63) is 50.9 Å². The van der Waals surface area contributed by atoms with Gasteiger partial charge in [0.15, 0.2) is 0 Å². The molecule has 1 aromatic heterocycles. The van der Waals surface area contributed by atoms with Crippen molar-refractivity contribution in [2.75, 3.05) is 13.6 Å². The van der Waals surface area contributed by atoms with Crippen LogP contribution in [0.25, 0.3) is 0 Å². The van der Waals surface area contributed by atoms with E-state index in [0.717, 1.165) is 17.1 Å². The molecule has 0 atom stereocenters. The zero-order valence-electron chi connectivity index (χ0n) is 13.0. The fraction of sp³-hybridized carbons (Fsp3) is 0.312. The first-order valence-corrected chi connectivity index (χ1v) is 8.47. The summed E-state index contributed by atoms with van der Waals surface area (Å²) in [6.07, 6.45) is 0.885. The monoisotopic (exact) mass is 351 g/mol. The lowest BCUT2D eigenvalue weighted by Gasteiger charge is -2.16. The first kappa shape index (κ1) is 17.4. The van der Waals surface area contributed by atoms with Crippen molar-refractivity contribution in [1.82, 2.24) is 15.2 Å². The quantitative estimate of drug-likeness (QED) is 0.870. The van der Waals surface area contributed by atoms with E-state index < -0.39 is 0 Å². The topological polar surface area (TPSA) is 62.3 Å². The van der Waals surface area contributed by atoms with Gasteiger partial charge in [0.25, 0.3) is 5.91 Å². The molecule has 0 aliphatic heterocycles.